The second kappa shape index (κ2) is 5.15. The quantitative estimate of drug-likeness (QED) is 0.730. The van der Waals surface area contributed by atoms with E-state index >= 15 is 0 Å². The van der Waals surface area contributed by atoms with E-state index in [4.69, 9.17) is 0 Å². The molecule has 3 unspecified atom stereocenters. The Morgan fingerprint density at radius 3 is 2.88 bits per heavy atom. The minimum atomic E-state index is -0.142. The molecule has 1 aliphatic carbocycles. The van der Waals surface area contributed by atoms with E-state index in [1.807, 2.05) is 11.9 Å². The van der Waals surface area contributed by atoms with Gasteiger partial charge in [-0.05, 0) is 38.6 Å². The van der Waals surface area contributed by atoms with Gasteiger partial charge in [0.2, 0.25) is 5.91 Å². The molecule has 0 radical (unpaired) electrons. The van der Waals surface area contributed by atoms with Crippen molar-refractivity contribution in [3.05, 3.63) is 0 Å². The average molecular weight is 226 g/mol. The summed E-state index contributed by atoms with van der Waals surface area (Å²) in [6, 6.07) is 0.0218. The third-order valence-electron chi connectivity index (χ3n) is 3.88. The second-order valence-electron chi connectivity index (χ2n) is 5.10. The highest BCUT2D eigenvalue weighted by Crippen LogP contribution is 2.26. The Hall–Kier alpha value is -0.610. The van der Waals surface area contributed by atoms with Gasteiger partial charge in [0.1, 0.15) is 0 Å². The standard InChI is InChI=1S/C12H22N2O2/c1-13-11-5-6-14(12(11)16)8-9-3-2-4-10(15)7-9/h9-11,13,15H,2-8H2,1H3. The molecule has 16 heavy (non-hydrogen) atoms. The first kappa shape index (κ1) is 11.9. The van der Waals surface area contributed by atoms with E-state index in [1.54, 1.807) is 0 Å². The number of likely N-dealkylation sites (N-methyl/N-ethyl adjacent to an activating group) is 1. The van der Waals surface area contributed by atoms with Crippen molar-refractivity contribution >= 4 is 5.91 Å². The van der Waals surface area contributed by atoms with Crippen LogP contribution in [0.2, 0.25) is 0 Å². The van der Waals surface area contributed by atoms with Crippen LogP contribution in [0.4, 0.5) is 0 Å². The molecular formula is C12H22N2O2. The summed E-state index contributed by atoms with van der Waals surface area (Å²) in [5.74, 6) is 0.742. The summed E-state index contributed by atoms with van der Waals surface area (Å²) in [6.45, 7) is 1.71. The molecule has 1 aliphatic heterocycles. The lowest BCUT2D eigenvalue weighted by atomic mass is 9.87. The molecule has 1 heterocycles. The first-order valence-corrected chi connectivity index (χ1v) is 6.35. The van der Waals surface area contributed by atoms with Crippen LogP contribution >= 0.6 is 0 Å². The Bertz CT molecular complexity index is 257. The van der Waals surface area contributed by atoms with Gasteiger partial charge in [0.25, 0.3) is 0 Å². The van der Waals surface area contributed by atoms with Crippen molar-refractivity contribution < 1.29 is 9.90 Å². The number of aliphatic hydroxyl groups is 1. The minimum absolute atomic E-state index is 0.0218. The summed E-state index contributed by atoms with van der Waals surface area (Å²) < 4.78 is 0. The molecule has 1 amide bonds. The zero-order valence-electron chi connectivity index (χ0n) is 9.98. The number of nitrogens with zero attached hydrogens (tertiary/aromatic N) is 1. The molecule has 0 spiro atoms. The molecule has 4 nitrogen and oxygen atoms in total. The van der Waals surface area contributed by atoms with E-state index in [-0.39, 0.29) is 18.1 Å². The summed E-state index contributed by atoms with van der Waals surface area (Å²) in [5, 5.41) is 12.7. The summed E-state index contributed by atoms with van der Waals surface area (Å²) >= 11 is 0. The first-order valence-electron chi connectivity index (χ1n) is 6.35. The Balaban J connectivity index is 1.83. The van der Waals surface area contributed by atoms with Gasteiger partial charge in [0.05, 0.1) is 12.1 Å². The van der Waals surface area contributed by atoms with Crippen molar-refractivity contribution in [1.29, 1.82) is 0 Å². The highest BCUT2D eigenvalue weighted by molar-refractivity contribution is 5.83. The van der Waals surface area contributed by atoms with Gasteiger partial charge >= 0.3 is 0 Å². The topological polar surface area (TPSA) is 52.6 Å². The molecular weight excluding hydrogens is 204 g/mol. The molecule has 0 aromatic heterocycles. The maximum absolute atomic E-state index is 11.9. The van der Waals surface area contributed by atoms with Crippen LogP contribution in [0.5, 0.6) is 0 Å². The normalized spacial score (nSPS) is 35.8. The number of carbonyl (C=O) groups is 1. The lowest BCUT2D eigenvalue weighted by Crippen LogP contribution is -2.39. The van der Waals surface area contributed by atoms with Crippen molar-refractivity contribution in [2.24, 2.45) is 5.92 Å². The summed E-state index contributed by atoms with van der Waals surface area (Å²) in [7, 11) is 1.84. The van der Waals surface area contributed by atoms with Crippen LogP contribution in [-0.4, -0.2) is 48.2 Å². The molecule has 1 saturated carbocycles. The van der Waals surface area contributed by atoms with Gasteiger partial charge in [-0.15, -0.1) is 0 Å². The van der Waals surface area contributed by atoms with Gasteiger partial charge < -0.3 is 15.3 Å². The molecule has 0 aromatic rings. The van der Waals surface area contributed by atoms with Crippen LogP contribution in [0.25, 0.3) is 0 Å². The lowest BCUT2D eigenvalue weighted by Gasteiger charge is -2.29. The van der Waals surface area contributed by atoms with Gasteiger partial charge in [-0.2, -0.15) is 0 Å². The molecule has 92 valence electrons. The molecule has 4 heteroatoms. The number of hydrogen-bond acceptors (Lipinski definition) is 3. The Morgan fingerprint density at radius 2 is 2.25 bits per heavy atom. The summed E-state index contributed by atoms with van der Waals surface area (Å²) in [6.07, 6.45) is 4.84. The van der Waals surface area contributed by atoms with Crippen LogP contribution in [0.3, 0.4) is 0 Å². The zero-order chi connectivity index (χ0) is 11.5. The lowest BCUT2D eigenvalue weighted by molar-refractivity contribution is -0.130. The molecule has 1 saturated heterocycles. The van der Waals surface area contributed by atoms with E-state index in [9.17, 15) is 9.90 Å². The average Bonchev–Trinajstić information content (AvgIpc) is 2.60. The Kier molecular flexibility index (Phi) is 3.82. The number of aliphatic hydroxyl groups excluding tert-OH is 1. The van der Waals surface area contributed by atoms with Crippen LogP contribution in [0.1, 0.15) is 32.1 Å². The molecule has 0 bridgehead atoms. The predicted molar refractivity (Wildman–Crippen MR) is 62.0 cm³/mol. The number of hydrogen-bond donors (Lipinski definition) is 2. The highest BCUT2D eigenvalue weighted by atomic mass is 16.3. The maximum Gasteiger partial charge on any atom is 0.239 e. The monoisotopic (exact) mass is 226 g/mol. The van der Waals surface area contributed by atoms with Crippen LogP contribution in [0.15, 0.2) is 0 Å². The Morgan fingerprint density at radius 1 is 1.44 bits per heavy atom. The molecule has 2 fully saturated rings. The second-order valence-corrected chi connectivity index (χ2v) is 5.10. The molecule has 2 N–H and O–H groups in total. The number of likely N-dealkylation sites (tertiary alicyclic amines) is 1. The smallest absolute Gasteiger partial charge is 0.239 e. The fourth-order valence-electron chi connectivity index (χ4n) is 2.93. The van der Waals surface area contributed by atoms with E-state index in [0.717, 1.165) is 45.2 Å². The Labute approximate surface area is 97.0 Å². The van der Waals surface area contributed by atoms with Crippen molar-refractivity contribution in [2.75, 3.05) is 20.1 Å². The number of nitrogens with one attached hydrogen (secondary N) is 1. The fraction of sp³-hybridized carbons (Fsp3) is 0.917. The predicted octanol–water partition coefficient (Wildman–Crippen LogP) is 0.358. The molecule has 2 rings (SSSR count). The van der Waals surface area contributed by atoms with Crippen molar-refractivity contribution in [2.45, 2.75) is 44.2 Å². The van der Waals surface area contributed by atoms with Gasteiger partial charge in [0.15, 0.2) is 0 Å². The maximum atomic E-state index is 11.9. The third-order valence-corrected chi connectivity index (χ3v) is 3.88. The van der Waals surface area contributed by atoms with E-state index in [2.05, 4.69) is 5.32 Å². The van der Waals surface area contributed by atoms with E-state index < -0.39 is 0 Å². The summed E-state index contributed by atoms with van der Waals surface area (Å²) in [5.41, 5.74) is 0. The molecule has 2 aliphatic rings. The zero-order valence-corrected chi connectivity index (χ0v) is 9.98. The molecule has 0 aromatic carbocycles. The minimum Gasteiger partial charge on any atom is -0.393 e. The van der Waals surface area contributed by atoms with Gasteiger partial charge in [-0.1, -0.05) is 6.42 Å². The number of carbonyl (C=O) groups excluding carboxylic acids is 1. The SMILES string of the molecule is CNC1CCN(CC2CCCC(O)C2)C1=O. The number of amides is 1. The largest absolute Gasteiger partial charge is 0.393 e. The van der Waals surface area contributed by atoms with Gasteiger partial charge in [-0.3, -0.25) is 4.79 Å². The fourth-order valence-corrected chi connectivity index (χ4v) is 2.93. The highest BCUT2D eigenvalue weighted by Gasteiger charge is 2.32. The first-order chi connectivity index (χ1) is 7.70. The van der Waals surface area contributed by atoms with Gasteiger partial charge in [-0.25, -0.2) is 0 Å². The summed E-state index contributed by atoms with van der Waals surface area (Å²) in [4.78, 5) is 13.9. The van der Waals surface area contributed by atoms with E-state index in [0.29, 0.717) is 5.92 Å². The van der Waals surface area contributed by atoms with Crippen LogP contribution in [-0.2, 0) is 4.79 Å². The third kappa shape index (κ3) is 2.55. The molecule has 3 atom stereocenters. The van der Waals surface area contributed by atoms with Crippen molar-refractivity contribution in [3.8, 4) is 0 Å². The van der Waals surface area contributed by atoms with Crippen LogP contribution < -0.4 is 5.32 Å². The van der Waals surface area contributed by atoms with Crippen molar-refractivity contribution in [3.63, 3.8) is 0 Å². The van der Waals surface area contributed by atoms with Gasteiger partial charge in [0, 0.05) is 13.1 Å². The van der Waals surface area contributed by atoms with E-state index in [1.165, 1.54) is 0 Å². The number of rotatable bonds is 3. The van der Waals surface area contributed by atoms with Crippen LogP contribution in [0, 0.1) is 5.92 Å². The van der Waals surface area contributed by atoms with Crippen molar-refractivity contribution in [1.82, 2.24) is 10.2 Å².